The molecule has 0 rings (SSSR count). The molecule has 0 saturated heterocycles. The lowest BCUT2D eigenvalue weighted by Gasteiger charge is -2.14. The van der Waals surface area contributed by atoms with Gasteiger partial charge in [-0.1, -0.05) is 66.2 Å². The number of hydrogen-bond donors (Lipinski definition) is 0. The summed E-state index contributed by atoms with van der Waals surface area (Å²) in [6, 6.07) is 0. The van der Waals surface area contributed by atoms with Crippen molar-refractivity contribution in [3.05, 3.63) is 12.2 Å². The van der Waals surface area contributed by atoms with Crippen molar-refractivity contribution in [2.75, 3.05) is 13.2 Å². The van der Waals surface area contributed by atoms with Crippen LogP contribution in [0.3, 0.4) is 0 Å². The zero-order valence-electron chi connectivity index (χ0n) is 16.0. The molecule has 0 spiro atoms. The van der Waals surface area contributed by atoms with Crippen LogP contribution >= 0.6 is 0 Å². The van der Waals surface area contributed by atoms with E-state index in [9.17, 15) is 9.59 Å². The van der Waals surface area contributed by atoms with Crippen LogP contribution in [0.4, 0.5) is 0 Å². The fraction of sp³-hybridized carbons (Fsp3) is 0.800. The molecule has 0 aromatic heterocycles. The molecule has 0 bridgehead atoms. The summed E-state index contributed by atoms with van der Waals surface area (Å²) in [7, 11) is 0. The smallest absolute Gasteiger partial charge is 0.331 e. The molecule has 4 nitrogen and oxygen atoms in total. The van der Waals surface area contributed by atoms with Crippen LogP contribution in [0, 0.1) is 11.8 Å². The van der Waals surface area contributed by atoms with Gasteiger partial charge in [-0.15, -0.1) is 0 Å². The van der Waals surface area contributed by atoms with E-state index in [1.165, 1.54) is 12.2 Å². The molecule has 0 aromatic carbocycles. The average molecular weight is 341 g/mol. The van der Waals surface area contributed by atoms with Crippen molar-refractivity contribution in [2.24, 2.45) is 11.8 Å². The molecule has 24 heavy (non-hydrogen) atoms. The lowest BCUT2D eigenvalue weighted by Crippen LogP contribution is -2.14. The number of ether oxygens (including phenoxy) is 2. The minimum Gasteiger partial charge on any atom is -0.462 e. The summed E-state index contributed by atoms with van der Waals surface area (Å²) in [5.41, 5.74) is 0. The molecular formula is C20H36O4. The van der Waals surface area contributed by atoms with Gasteiger partial charge >= 0.3 is 11.9 Å². The first-order valence-electron chi connectivity index (χ1n) is 9.58. The molecule has 0 fully saturated rings. The molecule has 0 amide bonds. The maximum atomic E-state index is 11.7. The van der Waals surface area contributed by atoms with Crippen molar-refractivity contribution in [1.82, 2.24) is 0 Å². The normalized spacial score (nSPS) is 13.7. The van der Waals surface area contributed by atoms with Gasteiger partial charge in [-0.2, -0.15) is 0 Å². The van der Waals surface area contributed by atoms with Crippen LogP contribution in [0.2, 0.25) is 0 Å². The quantitative estimate of drug-likeness (QED) is 0.327. The first-order chi connectivity index (χ1) is 11.6. The van der Waals surface area contributed by atoms with Crippen LogP contribution in [0.1, 0.15) is 79.1 Å². The second-order valence-corrected chi connectivity index (χ2v) is 6.43. The molecule has 0 N–H and O–H groups in total. The fourth-order valence-electron chi connectivity index (χ4n) is 2.43. The molecule has 0 unspecified atom stereocenters. The Balaban J connectivity index is 4.04. The summed E-state index contributed by atoms with van der Waals surface area (Å²) in [6.07, 6.45) is 11.1. The number of rotatable bonds is 14. The number of carbonyl (C=O) groups excluding carboxylic acids is 2. The van der Waals surface area contributed by atoms with Gasteiger partial charge in [0.15, 0.2) is 0 Å². The maximum absolute atomic E-state index is 11.7. The van der Waals surface area contributed by atoms with E-state index in [1.807, 2.05) is 0 Å². The minimum absolute atomic E-state index is 0.401. The third-order valence-electron chi connectivity index (χ3n) is 4.36. The van der Waals surface area contributed by atoms with Gasteiger partial charge < -0.3 is 9.47 Å². The summed E-state index contributed by atoms with van der Waals surface area (Å²) < 4.78 is 10.4. The number of carbonyl (C=O) groups is 2. The van der Waals surface area contributed by atoms with Gasteiger partial charge in [0, 0.05) is 12.2 Å². The van der Waals surface area contributed by atoms with Crippen molar-refractivity contribution in [3.8, 4) is 0 Å². The Morgan fingerprint density at radius 3 is 1.42 bits per heavy atom. The predicted octanol–water partition coefficient (Wildman–Crippen LogP) is 5.06. The van der Waals surface area contributed by atoms with E-state index in [2.05, 4.69) is 27.7 Å². The highest BCUT2D eigenvalue weighted by atomic mass is 16.5. The summed E-state index contributed by atoms with van der Waals surface area (Å²) in [5, 5.41) is 0. The highest BCUT2D eigenvalue weighted by Crippen LogP contribution is 2.14. The Hall–Kier alpha value is -1.32. The SMILES string of the molecule is CCCC[C@@H](CC)COC(=O)/C=C/C(=O)OC[C@H](CC)CCCC. The monoisotopic (exact) mass is 340 g/mol. The van der Waals surface area contributed by atoms with Gasteiger partial charge in [0.05, 0.1) is 13.2 Å². The van der Waals surface area contributed by atoms with Gasteiger partial charge in [-0.25, -0.2) is 9.59 Å². The van der Waals surface area contributed by atoms with Gasteiger partial charge in [0.1, 0.15) is 0 Å². The van der Waals surface area contributed by atoms with Gasteiger partial charge in [0.25, 0.3) is 0 Å². The standard InChI is InChI=1S/C20H36O4/c1-5-9-11-17(7-3)15-23-19(21)13-14-20(22)24-16-18(8-4)12-10-6-2/h13-14,17-18H,5-12,15-16H2,1-4H3/b14-13+/t17-,18-/m1/s1. The predicted molar refractivity (Wildman–Crippen MR) is 97.7 cm³/mol. The third kappa shape index (κ3) is 12.1. The van der Waals surface area contributed by atoms with E-state index >= 15 is 0 Å². The Kier molecular flexibility index (Phi) is 14.4. The highest BCUT2D eigenvalue weighted by molar-refractivity contribution is 5.91. The summed E-state index contributed by atoms with van der Waals surface area (Å²) >= 11 is 0. The van der Waals surface area contributed by atoms with Crippen molar-refractivity contribution in [1.29, 1.82) is 0 Å². The van der Waals surface area contributed by atoms with Crippen molar-refractivity contribution in [3.63, 3.8) is 0 Å². The Morgan fingerprint density at radius 2 is 1.12 bits per heavy atom. The third-order valence-corrected chi connectivity index (χ3v) is 4.36. The lowest BCUT2D eigenvalue weighted by molar-refractivity contribution is -0.142. The van der Waals surface area contributed by atoms with Crippen molar-refractivity contribution >= 4 is 11.9 Å². The largest absolute Gasteiger partial charge is 0.462 e. The first kappa shape index (κ1) is 22.7. The molecule has 4 heteroatoms. The zero-order valence-corrected chi connectivity index (χ0v) is 16.0. The van der Waals surface area contributed by atoms with E-state index in [0.717, 1.165) is 51.4 Å². The lowest BCUT2D eigenvalue weighted by atomic mass is 10.0. The Morgan fingerprint density at radius 1 is 0.750 bits per heavy atom. The Bertz CT molecular complexity index is 329. The van der Waals surface area contributed by atoms with Gasteiger partial charge in [-0.3, -0.25) is 0 Å². The van der Waals surface area contributed by atoms with Crippen molar-refractivity contribution in [2.45, 2.75) is 79.1 Å². The van der Waals surface area contributed by atoms with Gasteiger partial charge in [-0.05, 0) is 24.7 Å². The van der Waals surface area contributed by atoms with E-state index in [0.29, 0.717) is 25.0 Å². The molecule has 0 saturated carbocycles. The van der Waals surface area contributed by atoms with Crippen molar-refractivity contribution < 1.29 is 19.1 Å². The molecule has 0 radical (unpaired) electrons. The molecule has 0 aromatic rings. The second-order valence-electron chi connectivity index (χ2n) is 6.43. The van der Waals surface area contributed by atoms with E-state index in [1.54, 1.807) is 0 Å². The molecule has 0 aliphatic heterocycles. The second kappa shape index (κ2) is 15.2. The average Bonchev–Trinajstić information content (AvgIpc) is 2.60. The first-order valence-corrected chi connectivity index (χ1v) is 9.58. The molecule has 2 atom stereocenters. The van der Waals surface area contributed by atoms with Crippen LogP contribution in [0.15, 0.2) is 12.2 Å². The number of esters is 2. The molecule has 0 aliphatic carbocycles. The number of unbranched alkanes of at least 4 members (excludes halogenated alkanes) is 2. The topological polar surface area (TPSA) is 52.6 Å². The molecule has 0 aliphatic rings. The number of hydrogen-bond acceptors (Lipinski definition) is 4. The molecule has 140 valence electrons. The van der Waals surface area contributed by atoms with Gasteiger partial charge in [0.2, 0.25) is 0 Å². The fourth-order valence-corrected chi connectivity index (χ4v) is 2.43. The van der Waals surface area contributed by atoms with Crippen LogP contribution < -0.4 is 0 Å². The summed E-state index contributed by atoms with van der Waals surface area (Å²) in [6.45, 7) is 9.35. The van der Waals surface area contributed by atoms with E-state index < -0.39 is 11.9 Å². The van der Waals surface area contributed by atoms with E-state index in [4.69, 9.17) is 9.47 Å². The zero-order chi connectivity index (χ0) is 18.2. The van der Waals surface area contributed by atoms with Crippen LogP contribution in [0.5, 0.6) is 0 Å². The van der Waals surface area contributed by atoms with E-state index in [-0.39, 0.29) is 0 Å². The van der Waals surface area contributed by atoms with Crippen LogP contribution in [-0.4, -0.2) is 25.2 Å². The van der Waals surface area contributed by atoms with Crippen LogP contribution in [0.25, 0.3) is 0 Å². The minimum atomic E-state index is -0.472. The molecular weight excluding hydrogens is 304 g/mol. The summed E-state index contributed by atoms with van der Waals surface area (Å²) in [5.74, 6) is -0.142. The summed E-state index contributed by atoms with van der Waals surface area (Å²) in [4.78, 5) is 23.3. The Labute approximate surface area is 148 Å². The molecule has 0 heterocycles. The van der Waals surface area contributed by atoms with Crippen LogP contribution in [-0.2, 0) is 19.1 Å². The highest BCUT2D eigenvalue weighted by Gasteiger charge is 2.10. The maximum Gasteiger partial charge on any atom is 0.331 e.